The summed E-state index contributed by atoms with van der Waals surface area (Å²) in [6, 6.07) is 15.8. The molecule has 0 saturated heterocycles. The largest absolute Gasteiger partial charge is 0.365 e. The molecular weight excluding hydrogens is 277 g/mol. The van der Waals surface area contributed by atoms with E-state index in [1.54, 1.807) is 6.07 Å². The van der Waals surface area contributed by atoms with Gasteiger partial charge in [0.15, 0.2) is 0 Å². The summed E-state index contributed by atoms with van der Waals surface area (Å²) in [4.78, 5) is 2.07. The molecule has 0 aliphatic carbocycles. The highest BCUT2D eigenvalue weighted by atomic mass is 28.3. The number of hydrogen-bond donors (Lipinski definition) is 0. The van der Waals surface area contributed by atoms with Crippen molar-refractivity contribution in [2.45, 2.75) is 33.1 Å². The fourth-order valence-electron chi connectivity index (χ4n) is 2.41. The smallest absolute Gasteiger partial charge is 0.146 e. The van der Waals surface area contributed by atoms with Gasteiger partial charge in [-0.15, -0.1) is 0 Å². The van der Waals surface area contributed by atoms with Crippen LogP contribution in [-0.2, 0) is 6.54 Å². The Morgan fingerprint density at radius 1 is 0.952 bits per heavy atom. The molecule has 0 N–H and O–H groups in total. The van der Waals surface area contributed by atoms with Crippen molar-refractivity contribution in [1.29, 1.82) is 0 Å². The van der Waals surface area contributed by atoms with Crippen LogP contribution in [0.4, 0.5) is 10.1 Å². The van der Waals surface area contributed by atoms with Gasteiger partial charge in [0.25, 0.3) is 0 Å². The van der Waals surface area contributed by atoms with E-state index in [0.717, 1.165) is 13.1 Å². The molecule has 2 aromatic carbocycles. The number of nitrogens with zero attached hydrogens (tertiary/aromatic N) is 1. The van der Waals surface area contributed by atoms with Crippen LogP contribution in [0.1, 0.15) is 12.5 Å². The van der Waals surface area contributed by atoms with Gasteiger partial charge in [-0.05, 0) is 24.6 Å². The van der Waals surface area contributed by atoms with Crippen molar-refractivity contribution in [3.8, 4) is 0 Å². The molecule has 0 aromatic heterocycles. The first kappa shape index (κ1) is 15.8. The van der Waals surface area contributed by atoms with E-state index >= 15 is 0 Å². The second-order valence-corrected chi connectivity index (χ2v) is 11.5. The molecule has 112 valence electrons. The van der Waals surface area contributed by atoms with Gasteiger partial charge in [0.1, 0.15) is 5.82 Å². The molecule has 0 fully saturated rings. The van der Waals surface area contributed by atoms with Crippen molar-refractivity contribution in [2.75, 3.05) is 11.4 Å². The lowest BCUT2D eigenvalue weighted by atomic mass is 10.2. The minimum Gasteiger partial charge on any atom is -0.365 e. The van der Waals surface area contributed by atoms with Crippen LogP contribution in [0.3, 0.4) is 0 Å². The SMILES string of the molecule is CCN(Cc1ccc([Si](C)(C)C)cc1)c1ccccc1F. The van der Waals surface area contributed by atoms with E-state index in [1.807, 2.05) is 12.1 Å². The van der Waals surface area contributed by atoms with Gasteiger partial charge in [0.05, 0.1) is 13.8 Å². The van der Waals surface area contributed by atoms with Crippen LogP contribution in [0.5, 0.6) is 0 Å². The Hall–Kier alpha value is -1.61. The van der Waals surface area contributed by atoms with Crippen molar-refractivity contribution in [3.05, 3.63) is 59.9 Å². The summed E-state index contributed by atoms with van der Waals surface area (Å²) in [6.07, 6.45) is 0. The second kappa shape index (κ2) is 6.44. The summed E-state index contributed by atoms with van der Waals surface area (Å²) in [5.41, 5.74) is 1.90. The third-order valence-electron chi connectivity index (χ3n) is 3.77. The van der Waals surface area contributed by atoms with Gasteiger partial charge >= 0.3 is 0 Å². The van der Waals surface area contributed by atoms with Crippen LogP contribution < -0.4 is 10.1 Å². The average Bonchev–Trinajstić information content (AvgIpc) is 2.45. The van der Waals surface area contributed by atoms with Crippen LogP contribution in [0, 0.1) is 5.82 Å². The van der Waals surface area contributed by atoms with Crippen molar-refractivity contribution in [1.82, 2.24) is 0 Å². The number of hydrogen-bond acceptors (Lipinski definition) is 1. The monoisotopic (exact) mass is 301 g/mol. The minimum absolute atomic E-state index is 0.155. The highest BCUT2D eigenvalue weighted by Crippen LogP contribution is 2.20. The summed E-state index contributed by atoms with van der Waals surface area (Å²) in [5, 5.41) is 1.46. The number of halogens is 1. The average molecular weight is 301 g/mol. The summed E-state index contributed by atoms with van der Waals surface area (Å²) in [6.45, 7) is 10.6. The van der Waals surface area contributed by atoms with Gasteiger partial charge < -0.3 is 4.90 Å². The molecule has 0 radical (unpaired) electrons. The van der Waals surface area contributed by atoms with Crippen LogP contribution in [-0.4, -0.2) is 14.6 Å². The topological polar surface area (TPSA) is 3.24 Å². The van der Waals surface area contributed by atoms with Crippen molar-refractivity contribution < 1.29 is 4.39 Å². The first-order valence-electron chi connectivity index (χ1n) is 7.50. The van der Waals surface area contributed by atoms with E-state index in [1.165, 1.54) is 16.8 Å². The number of anilines is 1. The summed E-state index contributed by atoms with van der Waals surface area (Å²) >= 11 is 0. The maximum atomic E-state index is 13.9. The van der Waals surface area contributed by atoms with E-state index in [9.17, 15) is 4.39 Å². The van der Waals surface area contributed by atoms with Gasteiger partial charge in [-0.2, -0.15) is 0 Å². The van der Waals surface area contributed by atoms with Crippen LogP contribution in [0.2, 0.25) is 19.6 Å². The van der Waals surface area contributed by atoms with E-state index in [2.05, 4.69) is 55.7 Å². The molecule has 1 nitrogen and oxygen atoms in total. The normalized spacial score (nSPS) is 11.5. The Balaban J connectivity index is 2.18. The first-order valence-corrected chi connectivity index (χ1v) is 11.0. The fraction of sp³-hybridized carbons (Fsp3) is 0.333. The summed E-state index contributed by atoms with van der Waals surface area (Å²) in [5.74, 6) is -0.155. The lowest BCUT2D eigenvalue weighted by molar-refractivity contribution is 0.618. The molecule has 0 heterocycles. The fourth-order valence-corrected chi connectivity index (χ4v) is 3.57. The molecule has 21 heavy (non-hydrogen) atoms. The predicted molar refractivity (Wildman–Crippen MR) is 92.5 cm³/mol. The second-order valence-electron chi connectivity index (χ2n) is 6.41. The molecule has 0 spiro atoms. The third kappa shape index (κ3) is 3.94. The standard InChI is InChI=1S/C18H24FNSi/c1-5-20(18-9-7-6-8-17(18)19)14-15-10-12-16(13-11-15)21(2,3)4/h6-13H,5,14H2,1-4H3. The third-order valence-corrected chi connectivity index (χ3v) is 5.83. The number of rotatable bonds is 5. The molecule has 0 aliphatic rings. The molecule has 0 bridgehead atoms. The van der Waals surface area contributed by atoms with Gasteiger partial charge in [0, 0.05) is 13.1 Å². The maximum Gasteiger partial charge on any atom is 0.146 e. The zero-order chi connectivity index (χ0) is 15.5. The zero-order valence-corrected chi connectivity index (χ0v) is 14.4. The van der Waals surface area contributed by atoms with Gasteiger partial charge in [0.2, 0.25) is 0 Å². The van der Waals surface area contributed by atoms with E-state index in [4.69, 9.17) is 0 Å². The van der Waals surface area contributed by atoms with Crippen molar-refractivity contribution in [2.24, 2.45) is 0 Å². The van der Waals surface area contributed by atoms with Crippen LogP contribution in [0.15, 0.2) is 48.5 Å². The summed E-state index contributed by atoms with van der Waals surface area (Å²) < 4.78 is 13.9. The lowest BCUT2D eigenvalue weighted by Crippen LogP contribution is -2.37. The lowest BCUT2D eigenvalue weighted by Gasteiger charge is -2.24. The Kier molecular flexibility index (Phi) is 4.83. The van der Waals surface area contributed by atoms with Gasteiger partial charge in [-0.3, -0.25) is 0 Å². The molecule has 0 saturated carbocycles. The van der Waals surface area contributed by atoms with E-state index < -0.39 is 8.07 Å². The molecule has 0 amide bonds. The molecular formula is C18H24FNSi. The molecule has 0 atom stereocenters. The molecule has 2 rings (SSSR count). The Morgan fingerprint density at radius 2 is 1.57 bits per heavy atom. The summed E-state index contributed by atoms with van der Waals surface area (Å²) in [7, 11) is -1.25. The molecule has 0 unspecified atom stereocenters. The Bertz CT molecular complexity index is 587. The maximum absolute atomic E-state index is 13.9. The predicted octanol–water partition coefficient (Wildman–Crippen LogP) is 4.40. The number of benzene rings is 2. The van der Waals surface area contributed by atoms with E-state index in [-0.39, 0.29) is 5.82 Å². The Morgan fingerprint density at radius 3 is 2.10 bits per heavy atom. The van der Waals surface area contributed by atoms with Crippen LogP contribution in [0.25, 0.3) is 0 Å². The highest BCUT2D eigenvalue weighted by molar-refractivity contribution is 6.88. The van der Waals surface area contributed by atoms with Crippen molar-refractivity contribution in [3.63, 3.8) is 0 Å². The molecule has 3 heteroatoms. The highest BCUT2D eigenvalue weighted by Gasteiger charge is 2.16. The Labute approximate surface area is 128 Å². The minimum atomic E-state index is -1.25. The van der Waals surface area contributed by atoms with Gasteiger partial charge in [-0.25, -0.2) is 4.39 Å². The van der Waals surface area contributed by atoms with Gasteiger partial charge in [-0.1, -0.05) is 61.2 Å². The van der Waals surface area contributed by atoms with Crippen LogP contribution >= 0.6 is 0 Å². The van der Waals surface area contributed by atoms with E-state index in [0.29, 0.717) is 5.69 Å². The molecule has 0 aliphatic heterocycles. The molecule has 2 aromatic rings. The van der Waals surface area contributed by atoms with Crippen molar-refractivity contribution >= 4 is 18.9 Å². The quantitative estimate of drug-likeness (QED) is 0.740. The number of para-hydroxylation sites is 1. The zero-order valence-electron chi connectivity index (χ0n) is 13.4. The first-order chi connectivity index (χ1) is 9.91.